The Bertz CT molecular complexity index is 1920. The van der Waals surface area contributed by atoms with E-state index in [1.807, 2.05) is 48.7 Å². The fourth-order valence-corrected chi connectivity index (χ4v) is 4.90. The third-order valence-corrected chi connectivity index (χ3v) is 7.28. The Kier molecular flexibility index (Phi) is 9.97. The number of fused-ring (bicyclic) bond motifs is 1. The molecule has 5 heterocycles. The third kappa shape index (κ3) is 7.24. The molecular weight excluding hydrogens is 808 g/mol. The van der Waals surface area contributed by atoms with E-state index in [1.54, 1.807) is 71.8 Å². The van der Waals surface area contributed by atoms with Crippen LogP contribution >= 0.6 is 0 Å². The Hall–Kier alpha value is -4.68. The van der Waals surface area contributed by atoms with Gasteiger partial charge in [-0.05, 0) is 56.9 Å². The van der Waals surface area contributed by atoms with Gasteiger partial charge in [0.25, 0.3) is 0 Å². The Labute approximate surface area is 288 Å². The quantitative estimate of drug-likeness (QED) is 0.135. The summed E-state index contributed by atoms with van der Waals surface area (Å²) in [5.74, 6) is -0.572. The van der Waals surface area contributed by atoms with E-state index in [0.29, 0.717) is 34.1 Å². The van der Waals surface area contributed by atoms with E-state index in [1.165, 1.54) is 0 Å². The van der Waals surface area contributed by atoms with Gasteiger partial charge in [-0.2, -0.15) is 26.5 Å². The maximum atomic E-state index is 14.2. The van der Waals surface area contributed by atoms with Crippen molar-refractivity contribution in [2.75, 3.05) is 23.9 Å². The minimum atomic E-state index is -4.41. The molecule has 0 fully saturated rings. The smallest absolute Gasteiger partial charge is 0.394 e. The SMILES string of the molecule is CC(C)c1cc(-c2nc(-c3[c-]cc(F)cc3F)c3ccccn23)[n-]n1.CN1C=CN(c2[c-]c(N3C=CN(C)[CH-]3)cc(C(F)(F)F)c2)[CH-]1.[Ir]. The summed E-state index contributed by atoms with van der Waals surface area (Å²) in [4.78, 5) is 11.3. The molecule has 0 spiro atoms. The number of pyridine rings is 1. The number of alkyl halides is 3. The van der Waals surface area contributed by atoms with E-state index < -0.39 is 23.4 Å². The van der Waals surface area contributed by atoms with Crippen molar-refractivity contribution >= 4 is 16.9 Å². The molecule has 0 N–H and O–H groups in total. The van der Waals surface area contributed by atoms with Crippen molar-refractivity contribution in [2.24, 2.45) is 0 Å². The molecule has 1 radical (unpaired) electrons. The maximum absolute atomic E-state index is 14.2. The molecule has 2 aromatic carbocycles. The van der Waals surface area contributed by atoms with Gasteiger partial charge in [-0.3, -0.25) is 13.8 Å². The van der Waals surface area contributed by atoms with Crippen LogP contribution in [-0.4, -0.2) is 38.4 Å². The molecule has 7 rings (SSSR count). The molecule has 48 heavy (non-hydrogen) atoms. The van der Waals surface area contributed by atoms with E-state index in [0.717, 1.165) is 30.0 Å². The first-order valence-electron chi connectivity index (χ1n) is 14.4. The molecule has 0 saturated carbocycles. The monoisotopic (exact) mass is 836 g/mol. The number of hydrogen-bond acceptors (Lipinski definition) is 6. The molecule has 0 unspecified atom stereocenters. The van der Waals surface area contributed by atoms with Gasteiger partial charge in [-0.15, -0.1) is 41.7 Å². The van der Waals surface area contributed by atoms with Crippen LogP contribution in [0.1, 0.15) is 31.0 Å². The molecule has 253 valence electrons. The zero-order chi connectivity index (χ0) is 33.5. The summed E-state index contributed by atoms with van der Waals surface area (Å²) in [7, 11) is 3.61. The van der Waals surface area contributed by atoms with Crippen LogP contribution in [0.3, 0.4) is 0 Å². The van der Waals surface area contributed by atoms with Crippen LogP contribution in [-0.2, 0) is 26.3 Å². The van der Waals surface area contributed by atoms with Gasteiger partial charge in [-0.25, -0.2) is 0 Å². The molecule has 5 aromatic rings. The first-order chi connectivity index (χ1) is 22.4. The molecule has 14 heteroatoms. The van der Waals surface area contributed by atoms with E-state index in [-0.39, 0.29) is 31.6 Å². The summed E-state index contributed by atoms with van der Waals surface area (Å²) in [6.07, 6.45) is 4.29. The van der Waals surface area contributed by atoms with Crippen molar-refractivity contribution in [3.05, 3.63) is 128 Å². The summed E-state index contributed by atoms with van der Waals surface area (Å²) in [5.41, 5.74) is 2.64. The van der Waals surface area contributed by atoms with Gasteiger partial charge in [0.2, 0.25) is 0 Å². The first-order valence-corrected chi connectivity index (χ1v) is 14.4. The van der Waals surface area contributed by atoms with Crippen LogP contribution in [0.2, 0.25) is 0 Å². The van der Waals surface area contributed by atoms with Crippen molar-refractivity contribution < 1.29 is 42.1 Å². The zero-order valence-electron chi connectivity index (χ0n) is 26.0. The van der Waals surface area contributed by atoms with Gasteiger partial charge in [0.05, 0.1) is 0 Å². The molecule has 0 amide bonds. The number of aromatic nitrogens is 4. The summed E-state index contributed by atoms with van der Waals surface area (Å²) in [6, 6.07) is 17.2. The molecular formula is C34H28F5IrN8-5. The second-order valence-corrected chi connectivity index (χ2v) is 11.2. The second-order valence-electron chi connectivity index (χ2n) is 11.2. The van der Waals surface area contributed by atoms with E-state index in [9.17, 15) is 22.0 Å². The van der Waals surface area contributed by atoms with Crippen LogP contribution in [0.15, 0.2) is 79.5 Å². The minimum Gasteiger partial charge on any atom is -0.572 e. The van der Waals surface area contributed by atoms with Gasteiger partial charge in [-0.1, -0.05) is 48.9 Å². The Morgan fingerprint density at radius 3 is 2.06 bits per heavy atom. The molecule has 8 nitrogen and oxygen atoms in total. The molecule has 0 aliphatic carbocycles. The van der Waals surface area contributed by atoms with Gasteiger partial charge >= 0.3 is 6.18 Å². The number of anilines is 2. The van der Waals surface area contributed by atoms with E-state index >= 15 is 0 Å². The van der Waals surface area contributed by atoms with Crippen LogP contribution < -0.4 is 14.9 Å². The number of nitrogens with zero attached hydrogens (tertiary/aromatic N) is 8. The predicted molar refractivity (Wildman–Crippen MR) is 168 cm³/mol. The molecule has 0 atom stereocenters. The summed E-state index contributed by atoms with van der Waals surface area (Å²) in [5, 5.41) is 8.38. The van der Waals surface area contributed by atoms with Crippen molar-refractivity contribution in [3.8, 4) is 22.8 Å². The largest absolute Gasteiger partial charge is 0.572 e. The van der Waals surface area contributed by atoms with Gasteiger partial charge in [0.1, 0.15) is 5.82 Å². The summed E-state index contributed by atoms with van der Waals surface area (Å²) < 4.78 is 68.7. The van der Waals surface area contributed by atoms with Gasteiger partial charge in [0.15, 0.2) is 0 Å². The van der Waals surface area contributed by atoms with Crippen molar-refractivity contribution in [1.82, 2.24) is 29.4 Å². The maximum Gasteiger partial charge on any atom is 0.394 e. The van der Waals surface area contributed by atoms with Crippen molar-refractivity contribution in [3.63, 3.8) is 0 Å². The fraction of sp³-hybridized carbons (Fsp3) is 0.176. The number of imidazole rings is 1. The molecule has 2 aliphatic heterocycles. The average Bonchev–Trinajstić information content (AvgIpc) is 3.84. The van der Waals surface area contributed by atoms with Crippen molar-refractivity contribution in [2.45, 2.75) is 25.9 Å². The zero-order valence-corrected chi connectivity index (χ0v) is 28.4. The van der Waals surface area contributed by atoms with Crippen LogP contribution in [0.4, 0.5) is 33.3 Å². The average molecular weight is 836 g/mol. The molecule has 0 saturated heterocycles. The first kappa shape index (κ1) is 34.6. The Balaban J connectivity index is 0.000000186. The fourth-order valence-electron chi connectivity index (χ4n) is 4.90. The van der Waals surface area contributed by atoms with Gasteiger partial charge in [0, 0.05) is 54.8 Å². The molecule has 2 aliphatic rings. The van der Waals surface area contributed by atoms with Crippen molar-refractivity contribution in [1.29, 1.82) is 0 Å². The van der Waals surface area contributed by atoms with E-state index in [2.05, 4.69) is 27.3 Å². The standard InChI is InChI=1S/C19H14F2N4.C15H14F3N4.Ir/c1-11(2)15-10-16(24-23-15)19-22-18(17-5-3-4-8-25(17)19)13-7-6-12(20)9-14(13)21;1-19-3-5-21(10-19)13-7-12(15(16,17)18)8-14(9-13)22-6-4-20(2)11-22;/h3-6,8-11H,1-2H3;3-8,10-11H,1-2H3;/q-2;-3;. The molecule has 0 bridgehead atoms. The van der Waals surface area contributed by atoms with Gasteiger partial charge < -0.3 is 34.2 Å². The number of rotatable bonds is 5. The number of halogens is 5. The topological polar surface area (TPSA) is 57.3 Å². The normalized spacial score (nSPS) is 14.3. The minimum absolute atomic E-state index is 0. The Morgan fingerprint density at radius 1 is 0.896 bits per heavy atom. The summed E-state index contributed by atoms with van der Waals surface area (Å²) in [6.45, 7) is 7.44. The molecule has 3 aromatic heterocycles. The van der Waals surface area contributed by atoms with Crippen LogP contribution in [0.25, 0.3) is 28.3 Å². The number of benzene rings is 2. The number of hydrogen-bond donors (Lipinski definition) is 0. The van der Waals surface area contributed by atoms with Crippen LogP contribution in [0, 0.1) is 37.1 Å². The predicted octanol–water partition coefficient (Wildman–Crippen LogP) is 7.41. The summed E-state index contributed by atoms with van der Waals surface area (Å²) >= 11 is 0. The Morgan fingerprint density at radius 2 is 1.54 bits per heavy atom. The second kappa shape index (κ2) is 13.8. The van der Waals surface area contributed by atoms with E-state index in [4.69, 9.17) is 0 Å². The van der Waals surface area contributed by atoms with Crippen LogP contribution in [0.5, 0.6) is 0 Å². The third-order valence-electron chi connectivity index (χ3n) is 7.28.